The predicted octanol–water partition coefficient (Wildman–Crippen LogP) is 3.77. The highest BCUT2D eigenvalue weighted by molar-refractivity contribution is 8.00. The molecule has 2 heterocycles. The van der Waals surface area contributed by atoms with Gasteiger partial charge in [0.1, 0.15) is 12.3 Å². The lowest BCUT2D eigenvalue weighted by Gasteiger charge is -2.32. The number of benzene rings is 2. The molecular weight excluding hydrogens is 382 g/mol. The summed E-state index contributed by atoms with van der Waals surface area (Å²) < 4.78 is 7.60. The molecule has 1 aliphatic heterocycles. The van der Waals surface area contributed by atoms with Gasteiger partial charge in [-0.3, -0.25) is 14.5 Å². The smallest absolute Gasteiger partial charge is 0.268 e. The Morgan fingerprint density at radius 1 is 1.33 bits per heavy atom. The first kappa shape index (κ1) is 17.8. The predicted molar refractivity (Wildman–Crippen MR) is 109 cm³/mol. The summed E-state index contributed by atoms with van der Waals surface area (Å²) in [5.41, 5.74) is 2.21. The number of fused-ring (bicyclic) bond motifs is 2. The number of hydrogen-bond acceptors (Lipinski definition) is 6. The number of carbonyl (C=O) groups is 2. The highest BCUT2D eigenvalue weighted by atomic mass is 32.2. The molecule has 4 rings (SSSR count). The quantitative estimate of drug-likeness (QED) is 0.676. The van der Waals surface area contributed by atoms with Gasteiger partial charge in [0.2, 0.25) is 5.91 Å². The van der Waals surface area contributed by atoms with Gasteiger partial charge < -0.3 is 10.1 Å². The Hall–Kier alpha value is -2.58. The first-order valence-corrected chi connectivity index (χ1v) is 10.4. The van der Waals surface area contributed by atoms with E-state index in [1.165, 1.54) is 4.90 Å². The van der Waals surface area contributed by atoms with E-state index >= 15 is 0 Å². The van der Waals surface area contributed by atoms with E-state index in [1.54, 1.807) is 42.2 Å². The molecule has 1 unspecified atom stereocenters. The fourth-order valence-electron chi connectivity index (χ4n) is 2.93. The highest BCUT2D eigenvalue weighted by Crippen LogP contribution is 2.34. The maximum atomic E-state index is 12.6. The van der Waals surface area contributed by atoms with Crippen LogP contribution >= 0.6 is 23.1 Å². The second kappa shape index (κ2) is 7.21. The van der Waals surface area contributed by atoms with Crippen molar-refractivity contribution in [3.05, 3.63) is 42.5 Å². The van der Waals surface area contributed by atoms with Crippen LogP contribution in [0.1, 0.15) is 6.92 Å². The normalized spacial score (nSPS) is 16.1. The Kier molecular flexibility index (Phi) is 4.75. The van der Waals surface area contributed by atoms with Crippen LogP contribution < -0.4 is 15.0 Å². The molecule has 138 valence electrons. The fraction of sp³-hybridized carbons (Fsp3) is 0.211. The summed E-state index contributed by atoms with van der Waals surface area (Å²) in [6.07, 6.45) is 1.37. The van der Waals surface area contributed by atoms with Crippen LogP contribution in [0.25, 0.3) is 10.2 Å². The van der Waals surface area contributed by atoms with E-state index in [4.69, 9.17) is 4.74 Å². The molecule has 0 bridgehead atoms. The molecule has 1 atom stereocenters. The minimum atomic E-state index is -0.619. The minimum absolute atomic E-state index is 0.0691. The van der Waals surface area contributed by atoms with Gasteiger partial charge in [-0.15, -0.1) is 11.3 Å². The molecule has 2 aromatic carbocycles. The van der Waals surface area contributed by atoms with Crippen LogP contribution in [0, 0.1) is 0 Å². The summed E-state index contributed by atoms with van der Waals surface area (Å²) in [6.45, 7) is 1.62. The van der Waals surface area contributed by atoms with Gasteiger partial charge >= 0.3 is 0 Å². The third kappa shape index (κ3) is 3.50. The molecule has 1 N–H and O–H groups in total. The van der Waals surface area contributed by atoms with Gasteiger partial charge in [-0.2, -0.15) is 0 Å². The van der Waals surface area contributed by atoms with E-state index in [0.717, 1.165) is 14.6 Å². The summed E-state index contributed by atoms with van der Waals surface area (Å²) in [7, 11) is 0. The second-order valence-electron chi connectivity index (χ2n) is 6.07. The lowest BCUT2D eigenvalue weighted by Crippen LogP contribution is -2.47. The van der Waals surface area contributed by atoms with Gasteiger partial charge in [0.05, 0.1) is 15.9 Å². The molecule has 6 nitrogen and oxygen atoms in total. The lowest BCUT2D eigenvalue weighted by atomic mass is 10.2. The fourth-order valence-corrected chi connectivity index (χ4v) is 4.46. The van der Waals surface area contributed by atoms with Crippen molar-refractivity contribution in [2.24, 2.45) is 0 Å². The number of rotatable bonds is 4. The van der Waals surface area contributed by atoms with E-state index in [2.05, 4.69) is 10.3 Å². The SMILES string of the molecule is CSc1nc2ccc(NC(=O)CN3C(=O)C(C)Oc4ccccc43)cc2s1. The zero-order valence-corrected chi connectivity index (χ0v) is 16.4. The molecule has 0 radical (unpaired) electrons. The van der Waals surface area contributed by atoms with Crippen molar-refractivity contribution >= 4 is 56.5 Å². The van der Waals surface area contributed by atoms with Gasteiger partial charge in [-0.05, 0) is 43.5 Å². The number of amides is 2. The van der Waals surface area contributed by atoms with Crippen molar-refractivity contribution in [2.45, 2.75) is 17.4 Å². The minimum Gasteiger partial charge on any atom is -0.479 e. The van der Waals surface area contributed by atoms with Crippen molar-refractivity contribution in [3.8, 4) is 5.75 Å². The number of ether oxygens (including phenoxy) is 1. The zero-order valence-electron chi connectivity index (χ0n) is 14.8. The molecule has 8 heteroatoms. The number of nitrogens with zero attached hydrogens (tertiary/aromatic N) is 2. The number of hydrogen-bond donors (Lipinski definition) is 1. The highest BCUT2D eigenvalue weighted by Gasteiger charge is 2.32. The van der Waals surface area contributed by atoms with Crippen molar-refractivity contribution in [2.75, 3.05) is 23.0 Å². The van der Waals surface area contributed by atoms with Crippen LogP contribution in [0.4, 0.5) is 11.4 Å². The van der Waals surface area contributed by atoms with E-state index in [-0.39, 0.29) is 18.4 Å². The van der Waals surface area contributed by atoms with Crippen LogP contribution in [0.3, 0.4) is 0 Å². The Morgan fingerprint density at radius 3 is 2.96 bits per heavy atom. The Balaban J connectivity index is 1.53. The zero-order chi connectivity index (χ0) is 19.0. The Labute approximate surface area is 164 Å². The summed E-state index contributed by atoms with van der Waals surface area (Å²) in [6, 6.07) is 12.8. The standard InChI is InChI=1S/C19H17N3O3S2/c1-11-18(24)22(14-5-3-4-6-15(14)25-11)10-17(23)20-12-7-8-13-16(9-12)27-19(21-13)26-2/h3-9,11H,10H2,1-2H3,(H,20,23). The van der Waals surface area contributed by atoms with Crippen LogP contribution in [0.2, 0.25) is 0 Å². The number of thiazole rings is 1. The lowest BCUT2D eigenvalue weighted by molar-refractivity contribution is -0.127. The Morgan fingerprint density at radius 2 is 2.15 bits per heavy atom. The molecule has 1 aromatic heterocycles. The maximum absolute atomic E-state index is 12.6. The maximum Gasteiger partial charge on any atom is 0.268 e. The average Bonchev–Trinajstić information content (AvgIpc) is 3.08. The number of thioether (sulfide) groups is 1. The number of aromatic nitrogens is 1. The van der Waals surface area contributed by atoms with E-state index < -0.39 is 6.10 Å². The van der Waals surface area contributed by atoms with Gasteiger partial charge in [0, 0.05) is 5.69 Å². The summed E-state index contributed by atoms with van der Waals surface area (Å²) in [4.78, 5) is 31.0. The monoisotopic (exact) mass is 399 g/mol. The van der Waals surface area contributed by atoms with Crippen LogP contribution in [0.15, 0.2) is 46.8 Å². The third-order valence-electron chi connectivity index (χ3n) is 4.20. The summed E-state index contributed by atoms with van der Waals surface area (Å²) >= 11 is 3.18. The van der Waals surface area contributed by atoms with E-state index in [0.29, 0.717) is 17.1 Å². The Bertz CT molecular complexity index is 1030. The molecule has 0 spiro atoms. The van der Waals surface area contributed by atoms with Crippen LogP contribution in [-0.2, 0) is 9.59 Å². The summed E-state index contributed by atoms with van der Waals surface area (Å²) in [5, 5.41) is 2.87. The molecule has 0 aliphatic carbocycles. The van der Waals surface area contributed by atoms with E-state index in [1.807, 2.05) is 36.6 Å². The van der Waals surface area contributed by atoms with Crippen molar-refractivity contribution < 1.29 is 14.3 Å². The van der Waals surface area contributed by atoms with E-state index in [9.17, 15) is 9.59 Å². The molecule has 1 aliphatic rings. The van der Waals surface area contributed by atoms with Crippen molar-refractivity contribution in [1.29, 1.82) is 0 Å². The molecule has 0 saturated heterocycles. The number of para-hydroxylation sites is 2. The second-order valence-corrected chi connectivity index (χ2v) is 8.15. The topological polar surface area (TPSA) is 71.5 Å². The molecule has 3 aromatic rings. The van der Waals surface area contributed by atoms with Gasteiger partial charge in [-0.1, -0.05) is 23.9 Å². The first-order valence-electron chi connectivity index (χ1n) is 8.36. The van der Waals surface area contributed by atoms with Gasteiger partial charge in [0.15, 0.2) is 10.4 Å². The van der Waals surface area contributed by atoms with Crippen molar-refractivity contribution in [3.63, 3.8) is 0 Å². The van der Waals surface area contributed by atoms with Gasteiger partial charge in [0.25, 0.3) is 5.91 Å². The molecular formula is C19H17N3O3S2. The molecule has 27 heavy (non-hydrogen) atoms. The number of anilines is 2. The molecule has 2 amide bonds. The number of nitrogens with one attached hydrogen (secondary N) is 1. The van der Waals surface area contributed by atoms with Crippen molar-refractivity contribution in [1.82, 2.24) is 4.98 Å². The largest absolute Gasteiger partial charge is 0.479 e. The first-order chi connectivity index (χ1) is 13.0. The van der Waals surface area contributed by atoms with Gasteiger partial charge in [-0.25, -0.2) is 4.98 Å². The summed E-state index contributed by atoms with van der Waals surface area (Å²) in [5.74, 6) is 0.112. The number of carbonyl (C=O) groups excluding carboxylic acids is 2. The van der Waals surface area contributed by atoms with Crippen LogP contribution in [-0.4, -0.2) is 35.7 Å². The average molecular weight is 399 g/mol. The molecule has 0 saturated carbocycles. The third-order valence-corrected chi connectivity index (χ3v) is 6.21. The molecule has 0 fully saturated rings. The van der Waals surface area contributed by atoms with Crippen LogP contribution in [0.5, 0.6) is 5.75 Å².